The zero-order valence-corrected chi connectivity index (χ0v) is 18.4. The molecule has 3 aromatic heterocycles. The number of pyridine rings is 2. The zero-order valence-electron chi connectivity index (χ0n) is 17.6. The number of aromatic nitrogens is 3. The normalized spacial score (nSPS) is 15.2. The number of anilines is 1. The highest BCUT2D eigenvalue weighted by Gasteiger charge is 2.20. The van der Waals surface area contributed by atoms with E-state index >= 15 is 0 Å². The molecule has 0 atom stereocenters. The summed E-state index contributed by atoms with van der Waals surface area (Å²) in [6.07, 6.45) is 6.08. The second kappa shape index (κ2) is 8.27. The van der Waals surface area contributed by atoms with Crippen molar-refractivity contribution in [2.75, 3.05) is 24.8 Å². The first-order valence-electron chi connectivity index (χ1n) is 9.90. The maximum atomic E-state index is 12.3. The number of carbonyl (C=O) groups is 1. The molecular formula is C21H24N4O5S. The van der Waals surface area contributed by atoms with Gasteiger partial charge in [-0.15, -0.1) is 0 Å². The Bertz CT molecular complexity index is 1250. The molecular weight excluding hydrogens is 420 g/mol. The third kappa shape index (κ3) is 4.70. The molecule has 1 saturated heterocycles. The van der Waals surface area contributed by atoms with E-state index in [2.05, 4.69) is 15.3 Å². The number of nitrogens with one attached hydrogen (secondary N) is 1. The average molecular weight is 445 g/mol. The third-order valence-corrected chi connectivity index (χ3v) is 6.05. The summed E-state index contributed by atoms with van der Waals surface area (Å²) < 4.78 is 37.9. The molecule has 4 rings (SSSR count). The van der Waals surface area contributed by atoms with E-state index in [-0.39, 0.29) is 17.0 Å². The number of nitrogens with zero attached hydrogens (tertiary/aromatic N) is 3. The summed E-state index contributed by atoms with van der Waals surface area (Å²) in [5, 5.41) is 3.41. The Balaban J connectivity index is 1.83. The molecule has 4 heterocycles. The van der Waals surface area contributed by atoms with E-state index in [0.29, 0.717) is 36.0 Å². The number of fused-ring (bicyclic) bond motifs is 1. The zero-order chi connectivity index (χ0) is 22.2. The fraction of sp³-hybridized carbons (Fsp3) is 0.381. The van der Waals surface area contributed by atoms with E-state index in [1.54, 1.807) is 18.3 Å². The number of rotatable bonds is 5. The Labute approximate surface area is 180 Å². The van der Waals surface area contributed by atoms with Crippen LogP contribution in [0.5, 0.6) is 5.75 Å². The van der Waals surface area contributed by atoms with E-state index in [0.717, 1.165) is 30.0 Å². The van der Waals surface area contributed by atoms with Gasteiger partial charge < -0.3 is 19.4 Å². The predicted molar refractivity (Wildman–Crippen MR) is 116 cm³/mol. The molecule has 0 aromatic carbocycles. The Kier molecular flexibility index (Phi) is 5.67. The average Bonchev–Trinajstić information content (AvgIpc) is 3.03. The molecule has 0 bridgehead atoms. The first-order chi connectivity index (χ1) is 14.7. The Morgan fingerprint density at radius 2 is 2.00 bits per heavy atom. The number of hydrogen-bond donors (Lipinski definition) is 1. The minimum absolute atomic E-state index is 0.0421. The maximum Gasteiger partial charge on any atom is 0.222 e. The summed E-state index contributed by atoms with van der Waals surface area (Å²) in [6.45, 7) is 2.64. The minimum atomic E-state index is -3.56. The van der Waals surface area contributed by atoms with Crippen molar-refractivity contribution in [2.24, 2.45) is 7.05 Å². The van der Waals surface area contributed by atoms with Crippen molar-refractivity contribution >= 4 is 32.5 Å². The SMILES string of the molecule is CC(=O)Nc1cc2c(-c3cc(OC4CCOCC4)cc(S(C)(=O)=O)n3)cn(C)c2cn1. The number of amides is 1. The van der Waals surface area contributed by atoms with Crippen molar-refractivity contribution in [3.8, 4) is 17.0 Å². The van der Waals surface area contributed by atoms with Crippen molar-refractivity contribution in [3.05, 3.63) is 30.6 Å². The largest absolute Gasteiger partial charge is 0.490 e. The fourth-order valence-electron chi connectivity index (χ4n) is 3.59. The topological polar surface area (TPSA) is 112 Å². The van der Waals surface area contributed by atoms with E-state index in [4.69, 9.17) is 9.47 Å². The summed E-state index contributed by atoms with van der Waals surface area (Å²) in [5.41, 5.74) is 2.01. The molecule has 0 radical (unpaired) electrons. The highest BCUT2D eigenvalue weighted by atomic mass is 32.2. The molecule has 164 valence electrons. The van der Waals surface area contributed by atoms with Crippen molar-refractivity contribution < 1.29 is 22.7 Å². The van der Waals surface area contributed by atoms with Gasteiger partial charge in [0.05, 0.1) is 30.6 Å². The molecule has 3 aromatic rings. The van der Waals surface area contributed by atoms with Crippen molar-refractivity contribution in [2.45, 2.75) is 30.9 Å². The lowest BCUT2D eigenvalue weighted by atomic mass is 10.1. The first kappa shape index (κ1) is 21.3. The van der Waals surface area contributed by atoms with Crippen LogP contribution in [0.15, 0.2) is 35.6 Å². The van der Waals surface area contributed by atoms with Crippen LogP contribution in [-0.4, -0.2) is 54.4 Å². The molecule has 1 aliphatic heterocycles. The van der Waals surface area contributed by atoms with Crippen LogP contribution < -0.4 is 10.1 Å². The number of aryl methyl sites for hydroxylation is 1. The first-order valence-corrected chi connectivity index (χ1v) is 11.8. The van der Waals surface area contributed by atoms with Gasteiger partial charge in [0.15, 0.2) is 14.9 Å². The van der Waals surface area contributed by atoms with E-state index < -0.39 is 9.84 Å². The van der Waals surface area contributed by atoms with E-state index in [1.807, 2.05) is 17.8 Å². The van der Waals surface area contributed by atoms with Gasteiger partial charge in [0.25, 0.3) is 0 Å². The van der Waals surface area contributed by atoms with E-state index in [1.165, 1.54) is 13.0 Å². The summed E-state index contributed by atoms with van der Waals surface area (Å²) in [6, 6.07) is 4.96. The van der Waals surface area contributed by atoms with Crippen molar-refractivity contribution in [3.63, 3.8) is 0 Å². The van der Waals surface area contributed by atoms with Crippen LogP contribution >= 0.6 is 0 Å². The van der Waals surface area contributed by atoms with Gasteiger partial charge in [0.2, 0.25) is 5.91 Å². The number of hydrogen-bond acceptors (Lipinski definition) is 7. The summed E-state index contributed by atoms with van der Waals surface area (Å²) >= 11 is 0. The van der Waals surface area contributed by atoms with Crippen LogP contribution in [0.4, 0.5) is 5.82 Å². The van der Waals surface area contributed by atoms with Gasteiger partial charge in [0.1, 0.15) is 17.7 Å². The molecule has 0 spiro atoms. The van der Waals surface area contributed by atoms with Gasteiger partial charge in [-0.25, -0.2) is 18.4 Å². The Morgan fingerprint density at radius 1 is 1.26 bits per heavy atom. The summed E-state index contributed by atoms with van der Waals surface area (Å²) in [5.74, 6) is 0.629. The molecule has 1 aliphatic rings. The standard InChI is InChI=1S/C21H24N4O5S/c1-13(26)23-20-10-16-17(12-25(2)19(16)11-22-20)18-8-15(9-21(24-18)31(3,27)28)30-14-4-6-29-7-5-14/h8-12,14H,4-7H2,1-3H3,(H,22,23,26). The van der Waals surface area contributed by atoms with Crippen LogP contribution in [0.1, 0.15) is 19.8 Å². The van der Waals surface area contributed by atoms with Gasteiger partial charge in [-0.1, -0.05) is 0 Å². The van der Waals surface area contributed by atoms with Crippen LogP contribution in [-0.2, 0) is 26.4 Å². The van der Waals surface area contributed by atoms with Gasteiger partial charge >= 0.3 is 0 Å². The highest BCUT2D eigenvalue weighted by molar-refractivity contribution is 7.90. The molecule has 31 heavy (non-hydrogen) atoms. The molecule has 9 nitrogen and oxygen atoms in total. The molecule has 0 aliphatic carbocycles. The molecule has 1 amide bonds. The van der Waals surface area contributed by atoms with Crippen molar-refractivity contribution in [1.82, 2.24) is 14.5 Å². The maximum absolute atomic E-state index is 12.3. The van der Waals surface area contributed by atoms with Crippen molar-refractivity contribution in [1.29, 1.82) is 0 Å². The second-order valence-electron chi connectivity index (χ2n) is 7.65. The smallest absolute Gasteiger partial charge is 0.222 e. The van der Waals surface area contributed by atoms with E-state index in [9.17, 15) is 13.2 Å². The lowest BCUT2D eigenvalue weighted by molar-refractivity contribution is -0.114. The lowest BCUT2D eigenvalue weighted by Crippen LogP contribution is -2.26. The summed E-state index contributed by atoms with van der Waals surface area (Å²) in [7, 11) is -1.69. The van der Waals surface area contributed by atoms with Crippen LogP contribution in [0.3, 0.4) is 0 Å². The van der Waals surface area contributed by atoms with Gasteiger partial charge in [-0.3, -0.25) is 4.79 Å². The Hall–Kier alpha value is -2.98. The van der Waals surface area contributed by atoms with Gasteiger partial charge in [-0.2, -0.15) is 0 Å². The summed E-state index contributed by atoms with van der Waals surface area (Å²) in [4.78, 5) is 20.1. The van der Waals surface area contributed by atoms with Crippen LogP contribution in [0, 0.1) is 0 Å². The van der Waals surface area contributed by atoms with Gasteiger partial charge in [-0.05, 0) is 6.07 Å². The number of ether oxygens (including phenoxy) is 2. The monoisotopic (exact) mass is 444 g/mol. The van der Waals surface area contributed by atoms with Crippen LogP contribution in [0.2, 0.25) is 0 Å². The minimum Gasteiger partial charge on any atom is -0.490 e. The quantitative estimate of drug-likeness (QED) is 0.643. The molecule has 0 saturated carbocycles. The molecule has 0 unspecified atom stereocenters. The lowest BCUT2D eigenvalue weighted by Gasteiger charge is -2.23. The van der Waals surface area contributed by atoms with Crippen LogP contribution in [0.25, 0.3) is 22.2 Å². The Morgan fingerprint density at radius 3 is 2.68 bits per heavy atom. The highest BCUT2D eigenvalue weighted by Crippen LogP contribution is 2.33. The molecule has 1 N–H and O–H groups in total. The van der Waals surface area contributed by atoms with Gasteiger partial charge in [0, 0.05) is 62.3 Å². The molecule has 10 heteroatoms. The number of sulfone groups is 1. The number of carbonyl (C=O) groups excluding carboxylic acids is 1. The second-order valence-corrected chi connectivity index (χ2v) is 9.61. The fourth-order valence-corrected chi connectivity index (χ4v) is 4.19. The molecule has 1 fully saturated rings. The predicted octanol–water partition coefficient (Wildman–Crippen LogP) is 2.56. The third-order valence-electron chi connectivity index (χ3n) is 5.08.